The standard InChI is InChI=1S/C13H18Cl2N2OS/c14-10-5-8(12(15)19-10)9(16)6-13(7-11(17)18)3-1-2-4-13/h5,9H,1-4,6-7,16H2,(H2,17,18). The molecule has 1 unspecified atom stereocenters. The van der Waals surface area contributed by atoms with Crippen LogP contribution < -0.4 is 11.5 Å². The molecule has 0 bridgehead atoms. The molecule has 1 heterocycles. The van der Waals surface area contributed by atoms with Gasteiger partial charge in [0.2, 0.25) is 5.91 Å². The minimum atomic E-state index is -0.247. The Morgan fingerprint density at radius 2 is 2.05 bits per heavy atom. The maximum absolute atomic E-state index is 11.3. The van der Waals surface area contributed by atoms with Gasteiger partial charge < -0.3 is 11.5 Å². The van der Waals surface area contributed by atoms with E-state index in [2.05, 4.69) is 0 Å². The van der Waals surface area contributed by atoms with Crippen LogP contribution in [0.2, 0.25) is 8.67 Å². The summed E-state index contributed by atoms with van der Waals surface area (Å²) in [4.78, 5) is 11.3. The fourth-order valence-electron chi connectivity index (χ4n) is 3.13. The summed E-state index contributed by atoms with van der Waals surface area (Å²) in [6.45, 7) is 0. The van der Waals surface area contributed by atoms with Gasteiger partial charge in [0.1, 0.15) is 0 Å². The van der Waals surface area contributed by atoms with Gasteiger partial charge in [0.25, 0.3) is 0 Å². The lowest BCUT2D eigenvalue weighted by molar-refractivity contribution is -0.120. The van der Waals surface area contributed by atoms with Crippen LogP contribution in [-0.2, 0) is 4.79 Å². The fourth-order valence-corrected chi connectivity index (χ4v) is 4.73. The van der Waals surface area contributed by atoms with Crippen LogP contribution in [0.25, 0.3) is 0 Å². The van der Waals surface area contributed by atoms with Gasteiger partial charge in [0.15, 0.2) is 0 Å². The first kappa shape index (κ1) is 15.1. The number of carbonyl (C=O) groups is 1. The Kier molecular flexibility index (Phi) is 4.77. The van der Waals surface area contributed by atoms with Gasteiger partial charge in [0.05, 0.1) is 8.67 Å². The average molecular weight is 321 g/mol. The number of nitrogens with two attached hydrogens (primary N) is 2. The molecule has 1 aromatic rings. The van der Waals surface area contributed by atoms with Crippen molar-refractivity contribution in [1.29, 1.82) is 0 Å². The third-order valence-electron chi connectivity index (χ3n) is 3.95. The highest BCUT2D eigenvalue weighted by atomic mass is 35.5. The Morgan fingerprint density at radius 1 is 1.42 bits per heavy atom. The Labute approximate surface area is 127 Å². The number of carbonyl (C=O) groups excluding carboxylic acids is 1. The van der Waals surface area contributed by atoms with Crippen molar-refractivity contribution in [2.45, 2.75) is 44.6 Å². The molecule has 1 amide bonds. The molecular formula is C13H18Cl2N2OS. The van der Waals surface area contributed by atoms with E-state index in [0.717, 1.165) is 37.7 Å². The minimum absolute atomic E-state index is 0.0526. The molecule has 6 heteroatoms. The van der Waals surface area contributed by atoms with E-state index in [1.54, 1.807) is 0 Å². The van der Waals surface area contributed by atoms with Crippen molar-refractivity contribution in [3.05, 3.63) is 20.3 Å². The normalized spacial score (nSPS) is 19.5. The van der Waals surface area contributed by atoms with Gasteiger partial charge in [-0.1, -0.05) is 36.0 Å². The number of hydrogen-bond acceptors (Lipinski definition) is 3. The molecule has 1 atom stereocenters. The van der Waals surface area contributed by atoms with Crippen molar-refractivity contribution in [3.63, 3.8) is 0 Å². The predicted octanol–water partition coefficient (Wildman–Crippen LogP) is 3.88. The number of thiophene rings is 1. The molecule has 106 valence electrons. The van der Waals surface area contributed by atoms with E-state index in [0.29, 0.717) is 15.1 Å². The van der Waals surface area contributed by atoms with Gasteiger partial charge in [-0.3, -0.25) is 4.79 Å². The quantitative estimate of drug-likeness (QED) is 0.864. The van der Waals surface area contributed by atoms with Crippen LogP contribution in [0.3, 0.4) is 0 Å². The van der Waals surface area contributed by atoms with Crippen LogP contribution in [0.5, 0.6) is 0 Å². The van der Waals surface area contributed by atoms with Gasteiger partial charge in [-0.25, -0.2) is 0 Å². The Balaban J connectivity index is 2.13. The number of primary amides is 1. The van der Waals surface area contributed by atoms with Crippen molar-refractivity contribution in [1.82, 2.24) is 0 Å². The first-order valence-corrected chi connectivity index (χ1v) is 7.98. The number of halogens is 2. The van der Waals surface area contributed by atoms with Crippen LogP contribution in [0.1, 0.15) is 50.1 Å². The first-order chi connectivity index (χ1) is 8.92. The monoisotopic (exact) mass is 320 g/mol. The van der Waals surface area contributed by atoms with Crippen LogP contribution in [0.15, 0.2) is 6.07 Å². The Morgan fingerprint density at radius 3 is 2.53 bits per heavy atom. The maximum Gasteiger partial charge on any atom is 0.217 e. The van der Waals surface area contributed by atoms with E-state index in [1.807, 2.05) is 6.07 Å². The minimum Gasteiger partial charge on any atom is -0.370 e. The summed E-state index contributed by atoms with van der Waals surface area (Å²) >= 11 is 13.4. The van der Waals surface area contributed by atoms with Crippen molar-refractivity contribution < 1.29 is 4.79 Å². The van der Waals surface area contributed by atoms with E-state index in [1.165, 1.54) is 11.3 Å². The van der Waals surface area contributed by atoms with Crippen LogP contribution in [-0.4, -0.2) is 5.91 Å². The molecule has 1 saturated carbocycles. The van der Waals surface area contributed by atoms with E-state index in [9.17, 15) is 4.79 Å². The largest absolute Gasteiger partial charge is 0.370 e. The number of amides is 1. The zero-order valence-corrected chi connectivity index (χ0v) is 13.0. The molecule has 0 spiro atoms. The van der Waals surface area contributed by atoms with E-state index in [4.69, 9.17) is 34.7 Å². The SMILES string of the molecule is NC(=O)CC1(CC(N)c2cc(Cl)sc2Cl)CCCC1. The lowest BCUT2D eigenvalue weighted by atomic mass is 9.76. The second-order valence-corrected chi connectivity index (χ2v) is 7.73. The summed E-state index contributed by atoms with van der Waals surface area (Å²) in [5, 5.41) is 0. The highest BCUT2D eigenvalue weighted by Gasteiger charge is 2.37. The molecule has 1 fully saturated rings. The molecule has 19 heavy (non-hydrogen) atoms. The second kappa shape index (κ2) is 6.00. The number of hydrogen-bond donors (Lipinski definition) is 2. The summed E-state index contributed by atoms with van der Waals surface area (Å²) in [6.07, 6.45) is 5.45. The molecule has 0 saturated heterocycles. The Hall–Kier alpha value is -0.290. The van der Waals surface area contributed by atoms with Gasteiger partial charge in [-0.05, 0) is 36.3 Å². The molecule has 0 radical (unpaired) electrons. The zero-order chi connectivity index (χ0) is 14.0. The molecule has 1 aliphatic carbocycles. The predicted molar refractivity (Wildman–Crippen MR) is 80.6 cm³/mol. The van der Waals surface area contributed by atoms with Gasteiger partial charge in [0, 0.05) is 12.5 Å². The van der Waals surface area contributed by atoms with E-state index in [-0.39, 0.29) is 17.4 Å². The third-order valence-corrected chi connectivity index (χ3v) is 5.47. The van der Waals surface area contributed by atoms with Gasteiger partial charge in [-0.15, -0.1) is 11.3 Å². The van der Waals surface area contributed by atoms with Gasteiger partial charge >= 0.3 is 0 Å². The first-order valence-electron chi connectivity index (χ1n) is 6.40. The van der Waals surface area contributed by atoms with Crippen molar-refractivity contribution in [2.75, 3.05) is 0 Å². The summed E-state index contributed by atoms with van der Waals surface area (Å²) in [6, 6.07) is 1.64. The van der Waals surface area contributed by atoms with Crippen molar-refractivity contribution in [3.8, 4) is 0 Å². The van der Waals surface area contributed by atoms with Gasteiger partial charge in [-0.2, -0.15) is 0 Å². The topological polar surface area (TPSA) is 69.1 Å². The highest BCUT2D eigenvalue weighted by molar-refractivity contribution is 7.20. The zero-order valence-electron chi connectivity index (χ0n) is 10.6. The summed E-state index contributed by atoms with van der Waals surface area (Å²) in [7, 11) is 0. The summed E-state index contributed by atoms with van der Waals surface area (Å²) < 4.78 is 1.29. The highest BCUT2D eigenvalue weighted by Crippen LogP contribution is 2.48. The van der Waals surface area contributed by atoms with E-state index >= 15 is 0 Å². The molecule has 0 aromatic carbocycles. The van der Waals surface area contributed by atoms with Crippen LogP contribution in [0, 0.1) is 5.41 Å². The van der Waals surface area contributed by atoms with E-state index < -0.39 is 0 Å². The number of rotatable bonds is 5. The smallest absolute Gasteiger partial charge is 0.217 e. The molecule has 1 aromatic heterocycles. The molecule has 1 aliphatic rings. The molecule has 2 rings (SSSR count). The molecular weight excluding hydrogens is 303 g/mol. The lowest BCUT2D eigenvalue weighted by Crippen LogP contribution is -2.29. The van der Waals surface area contributed by atoms with Crippen LogP contribution >= 0.6 is 34.5 Å². The second-order valence-electron chi connectivity index (χ2n) is 5.44. The molecule has 4 N–H and O–H groups in total. The molecule has 3 nitrogen and oxygen atoms in total. The third kappa shape index (κ3) is 3.63. The van der Waals surface area contributed by atoms with Crippen molar-refractivity contribution >= 4 is 40.4 Å². The van der Waals surface area contributed by atoms with Crippen molar-refractivity contribution in [2.24, 2.45) is 16.9 Å². The lowest BCUT2D eigenvalue weighted by Gasteiger charge is -2.30. The summed E-state index contributed by atoms with van der Waals surface area (Å²) in [5.74, 6) is -0.247. The fraction of sp³-hybridized carbons (Fsp3) is 0.615. The van der Waals surface area contributed by atoms with Crippen LogP contribution in [0.4, 0.5) is 0 Å². The maximum atomic E-state index is 11.3. The molecule has 0 aliphatic heterocycles. The Bertz CT molecular complexity index is 469. The summed E-state index contributed by atoms with van der Waals surface area (Å²) in [5.41, 5.74) is 12.5. The average Bonchev–Trinajstić information content (AvgIpc) is 2.85.